The SMILES string of the molecule is CC(C)CC(CCO)CNC(=O)C(=O)Nc1ccc(F)cc1. The Labute approximate surface area is 129 Å². The van der Waals surface area contributed by atoms with Crippen molar-refractivity contribution in [3.8, 4) is 0 Å². The smallest absolute Gasteiger partial charge is 0.313 e. The zero-order chi connectivity index (χ0) is 16.5. The Bertz CT molecular complexity index is 489. The second kappa shape index (κ2) is 9.15. The van der Waals surface area contributed by atoms with E-state index in [-0.39, 0.29) is 12.5 Å². The molecule has 1 atom stereocenters. The van der Waals surface area contributed by atoms with Gasteiger partial charge in [-0.1, -0.05) is 13.8 Å². The van der Waals surface area contributed by atoms with Crippen LogP contribution in [-0.4, -0.2) is 30.1 Å². The van der Waals surface area contributed by atoms with Crippen LogP contribution < -0.4 is 10.6 Å². The molecule has 0 radical (unpaired) electrons. The first-order valence-corrected chi connectivity index (χ1v) is 7.38. The summed E-state index contributed by atoms with van der Waals surface area (Å²) in [6.45, 7) is 4.52. The number of benzene rings is 1. The van der Waals surface area contributed by atoms with Gasteiger partial charge in [-0.05, 0) is 48.9 Å². The molecule has 0 bridgehead atoms. The van der Waals surface area contributed by atoms with Crippen LogP contribution in [0.5, 0.6) is 0 Å². The molecule has 22 heavy (non-hydrogen) atoms. The second-order valence-electron chi connectivity index (χ2n) is 5.68. The molecule has 1 unspecified atom stereocenters. The molecule has 3 N–H and O–H groups in total. The number of rotatable bonds is 7. The fourth-order valence-electron chi connectivity index (χ4n) is 2.19. The average molecular weight is 310 g/mol. The number of hydrogen-bond donors (Lipinski definition) is 3. The number of anilines is 1. The van der Waals surface area contributed by atoms with Crippen LogP contribution in [0.3, 0.4) is 0 Å². The number of aliphatic hydroxyl groups is 1. The van der Waals surface area contributed by atoms with Crippen LogP contribution >= 0.6 is 0 Å². The molecule has 1 rings (SSSR count). The van der Waals surface area contributed by atoms with Crippen LogP contribution in [0.25, 0.3) is 0 Å². The highest BCUT2D eigenvalue weighted by molar-refractivity contribution is 6.39. The Morgan fingerprint density at radius 1 is 1.18 bits per heavy atom. The predicted octanol–water partition coefficient (Wildman–Crippen LogP) is 1.93. The fraction of sp³-hybridized carbons (Fsp3) is 0.500. The second-order valence-corrected chi connectivity index (χ2v) is 5.68. The standard InChI is InChI=1S/C16H23FN2O3/c1-11(2)9-12(7-8-20)10-18-15(21)16(22)19-14-5-3-13(17)4-6-14/h3-6,11-12,20H,7-10H2,1-2H3,(H,18,21)(H,19,22). The molecule has 6 heteroatoms. The van der Waals surface area contributed by atoms with E-state index in [0.717, 1.165) is 6.42 Å². The largest absolute Gasteiger partial charge is 0.396 e. The summed E-state index contributed by atoms with van der Waals surface area (Å²) in [5.74, 6) is -1.37. The molecule has 0 saturated carbocycles. The summed E-state index contributed by atoms with van der Waals surface area (Å²) < 4.78 is 12.8. The van der Waals surface area contributed by atoms with Crippen molar-refractivity contribution in [1.29, 1.82) is 0 Å². The van der Waals surface area contributed by atoms with Crippen LogP contribution in [0.4, 0.5) is 10.1 Å². The molecule has 5 nitrogen and oxygen atoms in total. The zero-order valence-corrected chi connectivity index (χ0v) is 12.9. The molecule has 0 heterocycles. The van der Waals surface area contributed by atoms with Gasteiger partial charge in [-0.2, -0.15) is 0 Å². The highest BCUT2D eigenvalue weighted by Crippen LogP contribution is 2.14. The highest BCUT2D eigenvalue weighted by Gasteiger charge is 2.17. The Morgan fingerprint density at radius 3 is 2.36 bits per heavy atom. The number of aliphatic hydroxyl groups excluding tert-OH is 1. The summed E-state index contributed by atoms with van der Waals surface area (Å²) in [5, 5.41) is 14.0. The van der Waals surface area contributed by atoms with Crippen LogP contribution in [0.2, 0.25) is 0 Å². The van der Waals surface area contributed by atoms with Gasteiger partial charge < -0.3 is 15.7 Å². The van der Waals surface area contributed by atoms with Gasteiger partial charge in [0.2, 0.25) is 0 Å². The number of halogens is 1. The van der Waals surface area contributed by atoms with Gasteiger partial charge in [-0.3, -0.25) is 9.59 Å². The Morgan fingerprint density at radius 2 is 1.82 bits per heavy atom. The molecule has 2 amide bonds. The quantitative estimate of drug-likeness (QED) is 0.673. The molecule has 0 aliphatic carbocycles. The van der Waals surface area contributed by atoms with E-state index < -0.39 is 17.6 Å². The number of amides is 2. The maximum Gasteiger partial charge on any atom is 0.313 e. The van der Waals surface area contributed by atoms with Gasteiger partial charge >= 0.3 is 11.8 Å². The molecule has 122 valence electrons. The van der Waals surface area contributed by atoms with Gasteiger partial charge in [0.1, 0.15) is 5.82 Å². The molecule has 0 saturated heterocycles. The lowest BCUT2D eigenvalue weighted by Crippen LogP contribution is -2.38. The number of hydrogen-bond acceptors (Lipinski definition) is 3. The van der Waals surface area contributed by atoms with E-state index in [1.165, 1.54) is 24.3 Å². The third-order valence-electron chi connectivity index (χ3n) is 3.20. The lowest BCUT2D eigenvalue weighted by atomic mass is 9.94. The van der Waals surface area contributed by atoms with E-state index in [1.54, 1.807) is 0 Å². The van der Waals surface area contributed by atoms with E-state index in [0.29, 0.717) is 24.6 Å². The van der Waals surface area contributed by atoms with Crippen molar-refractivity contribution in [3.05, 3.63) is 30.1 Å². The fourth-order valence-corrected chi connectivity index (χ4v) is 2.19. The maximum atomic E-state index is 12.8. The first kappa shape index (κ1) is 18.1. The van der Waals surface area contributed by atoms with Crippen molar-refractivity contribution < 1.29 is 19.1 Å². The molecule has 0 spiro atoms. The Hall–Kier alpha value is -1.95. The zero-order valence-electron chi connectivity index (χ0n) is 12.9. The first-order chi connectivity index (χ1) is 10.4. The summed E-state index contributed by atoms with van der Waals surface area (Å²) in [6, 6.07) is 5.17. The van der Waals surface area contributed by atoms with Gasteiger partial charge in [0.15, 0.2) is 0 Å². The van der Waals surface area contributed by atoms with E-state index >= 15 is 0 Å². The molecular weight excluding hydrogens is 287 g/mol. The number of nitrogens with one attached hydrogen (secondary N) is 2. The van der Waals surface area contributed by atoms with Gasteiger partial charge in [0.05, 0.1) is 0 Å². The summed E-state index contributed by atoms with van der Waals surface area (Å²) >= 11 is 0. The van der Waals surface area contributed by atoms with E-state index in [2.05, 4.69) is 24.5 Å². The van der Waals surface area contributed by atoms with Gasteiger partial charge in [-0.25, -0.2) is 4.39 Å². The van der Waals surface area contributed by atoms with E-state index in [9.17, 15) is 14.0 Å². The van der Waals surface area contributed by atoms with Crippen LogP contribution in [0.1, 0.15) is 26.7 Å². The minimum atomic E-state index is -0.793. The van der Waals surface area contributed by atoms with Crippen LogP contribution in [0.15, 0.2) is 24.3 Å². The molecule has 0 fully saturated rings. The van der Waals surface area contributed by atoms with Crippen LogP contribution in [-0.2, 0) is 9.59 Å². The van der Waals surface area contributed by atoms with Crippen molar-refractivity contribution in [2.75, 3.05) is 18.5 Å². The lowest BCUT2D eigenvalue weighted by Gasteiger charge is -2.18. The number of carbonyl (C=O) groups excluding carboxylic acids is 2. The summed E-state index contributed by atoms with van der Waals surface area (Å²) in [7, 11) is 0. The summed E-state index contributed by atoms with van der Waals surface area (Å²) in [5.41, 5.74) is 0.357. The van der Waals surface area contributed by atoms with Gasteiger partial charge in [0, 0.05) is 18.8 Å². The van der Waals surface area contributed by atoms with E-state index in [4.69, 9.17) is 5.11 Å². The summed E-state index contributed by atoms with van der Waals surface area (Å²) in [4.78, 5) is 23.5. The van der Waals surface area contributed by atoms with Crippen molar-refractivity contribution >= 4 is 17.5 Å². The van der Waals surface area contributed by atoms with Gasteiger partial charge in [0.25, 0.3) is 0 Å². The topological polar surface area (TPSA) is 78.4 Å². The van der Waals surface area contributed by atoms with Crippen molar-refractivity contribution in [3.63, 3.8) is 0 Å². The van der Waals surface area contributed by atoms with E-state index in [1.807, 2.05) is 0 Å². The average Bonchev–Trinajstić information content (AvgIpc) is 2.46. The molecule has 1 aromatic carbocycles. The minimum Gasteiger partial charge on any atom is -0.396 e. The molecule has 0 aliphatic heterocycles. The minimum absolute atomic E-state index is 0.0506. The van der Waals surface area contributed by atoms with Crippen molar-refractivity contribution in [1.82, 2.24) is 5.32 Å². The van der Waals surface area contributed by atoms with Gasteiger partial charge in [-0.15, -0.1) is 0 Å². The molecular formula is C16H23FN2O3. The molecule has 0 aliphatic rings. The van der Waals surface area contributed by atoms with Crippen molar-refractivity contribution in [2.45, 2.75) is 26.7 Å². The Balaban J connectivity index is 2.45. The number of carbonyl (C=O) groups is 2. The highest BCUT2D eigenvalue weighted by atomic mass is 19.1. The van der Waals surface area contributed by atoms with Crippen molar-refractivity contribution in [2.24, 2.45) is 11.8 Å². The normalized spacial score (nSPS) is 12.0. The first-order valence-electron chi connectivity index (χ1n) is 7.38. The van der Waals surface area contributed by atoms with Crippen LogP contribution in [0, 0.1) is 17.7 Å². The lowest BCUT2D eigenvalue weighted by molar-refractivity contribution is -0.136. The summed E-state index contributed by atoms with van der Waals surface area (Å²) in [6.07, 6.45) is 1.44. The predicted molar refractivity (Wildman–Crippen MR) is 82.7 cm³/mol. The molecule has 0 aromatic heterocycles. The Kier molecular flexibility index (Phi) is 7.52. The monoisotopic (exact) mass is 310 g/mol. The third kappa shape index (κ3) is 6.67. The maximum absolute atomic E-state index is 12.8. The third-order valence-corrected chi connectivity index (χ3v) is 3.20. The molecule has 1 aromatic rings.